The largest absolute Gasteiger partial charge is 0.487 e. The minimum absolute atomic E-state index is 0.134. The van der Waals surface area contributed by atoms with Crippen LogP contribution in [0.2, 0.25) is 0 Å². The molecule has 0 aliphatic carbocycles. The second-order valence-electron chi connectivity index (χ2n) is 8.07. The van der Waals surface area contributed by atoms with E-state index >= 15 is 0 Å². The van der Waals surface area contributed by atoms with E-state index in [1.54, 1.807) is 12.3 Å². The highest BCUT2D eigenvalue weighted by Crippen LogP contribution is 2.40. The zero-order valence-electron chi connectivity index (χ0n) is 16.9. The minimum atomic E-state index is -0.365. The highest BCUT2D eigenvalue weighted by atomic mass is 16.5. The highest BCUT2D eigenvalue weighted by Gasteiger charge is 2.35. The molecule has 1 aromatic heterocycles. The van der Waals surface area contributed by atoms with E-state index < -0.39 is 0 Å². The van der Waals surface area contributed by atoms with Crippen LogP contribution in [0.3, 0.4) is 0 Å². The predicted molar refractivity (Wildman–Crippen MR) is 114 cm³/mol. The lowest BCUT2D eigenvalue weighted by molar-refractivity contribution is -0.116. The van der Waals surface area contributed by atoms with Crippen LogP contribution in [0.15, 0.2) is 71.3 Å². The van der Waals surface area contributed by atoms with Gasteiger partial charge < -0.3 is 14.5 Å². The van der Waals surface area contributed by atoms with E-state index in [4.69, 9.17) is 9.15 Å². The normalized spacial score (nSPS) is 17.9. The van der Waals surface area contributed by atoms with Crippen molar-refractivity contribution in [1.29, 1.82) is 0 Å². The van der Waals surface area contributed by atoms with Crippen molar-refractivity contribution in [3.63, 3.8) is 0 Å². The number of fused-ring (bicyclic) bond motifs is 1. The summed E-state index contributed by atoms with van der Waals surface area (Å²) in [4.78, 5) is 13.4. The van der Waals surface area contributed by atoms with Gasteiger partial charge in [0.25, 0.3) is 5.91 Å². The van der Waals surface area contributed by atoms with Crippen LogP contribution in [0.4, 0.5) is 0 Å². The van der Waals surface area contributed by atoms with E-state index in [-0.39, 0.29) is 17.6 Å². The van der Waals surface area contributed by atoms with Crippen molar-refractivity contribution in [1.82, 2.24) is 5.32 Å². The van der Waals surface area contributed by atoms with Gasteiger partial charge in [-0.3, -0.25) is 4.79 Å². The first-order chi connectivity index (χ1) is 13.9. The first-order valence-electron chi connectivity index (χ1n) is 9.82. The Kier molecular flexibility index (Phi) is 5.01. The Morgan fingerprint density at radius 2 is 1.90 bits per heavy atom. The van der Waals surface area contributed by atoms with Crippen molar-refractivity contribution in [2.45, 2.75) is 38.8 Å². The van der Waals surface area contributed by atoms with Gasteiger partial charge in [0, 0.05) is 12.0 Å². The van der Waals surface area contributed by atoms with Gasteiger partial charge in [0.2, 0.25) is 0 Å². The van der Waals surface area contributed by atoms with Gasteiger partial charge >= 0.3 is 0 Å². The minimum Gasteiger partial charge on any atom is -0.487 e. The molecule has 2 heterocycles. The molecule has 2 aromatic carbocycles. The molecule has 29 heavy (non-hydrogen) atoms. The van der Waals surface area contributed by atoms with Crippen LogP contribution in [0.5, 0.6) is 5.75 Å². The Hall–Kier alpha value is -3.27. The number of furan rings is 1. The van der Waals surface area contributed by atoms with Crippen molar-refractivity contribution < 1.29 is 13.9 Å². The van der Waals surface area contributed by atoms with Gasteiger partial charge in [0.15, 0.2) is 0 Å². The summed E-state index contributed by atoms with van der Waals surface area (Å²) in [6.45, 7) is 6.14. The molecule has 1 N–H and O–H groups in total. The first kappa shape index (κ1) is 19.1. The maximum Gasteiger partial charge on any atom is 0.252 e. The number of amides is 1. The summed E-state index contributed by atoms with van der Waals surface area (Å²) in [7, 11) is 0. The molecule has 4 rings (SSSR count). The molecule has 0 fully saturated rings. The number of aryl methyl sites for hydroxylation is 1. The summed E-state index contributed by atoms with van der Waals surface area (Å²) >= 11 is 0. The van der Waals surface area contributed by atoms with Gasteiger partial charge in [-0.05, 0) is 56.2 Å². The first-order valence-corrected chi connectivity index (χ1v) is 9.82. The summed E-state index contributed by atoms with van der Waals surface area (Å²) < 4.78 is 11.6. The molecular weight excluding hydrogens is 362 g/mol. The Morgan fingerprint density at radius 1 is 1.10 bits per heavy atom. The topological polar surface area (TPSA) is 51.5 Å². The molecule has 0 radical (unpaired) electrons. The van der Waals surface area contributed by atoms with Gasteiger partial charge in [0.05, 0.1) is 17.9 Å². The lowest BCUT2D eigenvalue weighted by Crippen LogP contribution is -2.41. The smallest absolute Gasteiger partial charge is 0.252 e. The molecule has 0 spiro atoms. The van der Waals surface area contributed by atoms with Crippen LogP contribution >= 0.6 is 0 Å². The number of carbonyl (C=O) groups is 1. The third-order valence-corrected chi connectivity index (χ3v) is 5.09. The van der Waals surface area contributed by atoms with Crippen LogP contribution in [0.1, 0.15) is 48.8 Å². The molecule has 148 valence electrons. The number of rotatable bonds is 4. The fraction of sp³-hybridized carbons (Fsp3) is 0.240. The summed E-state index contributed by atoms with van der Waals surface area (Å²) in [5, 5.41) is 3.23. The molecular formula is C25H25NO3. The molecule has 1 aliphatic rings. The van der Waals surface area contributed by atoms with Crippen molar-refractivity contribution in [2.75, 3.05) is 0 Å². The summed E-state index contributed by atoms with van der Waals surface area (Å²) in [5.74, 6) is 1.34. The number of carbonyl (C=O) groups excluding carboxylic acids is 1. The number of benzene rings is 2. The van der Waals surface area contributed by atoms with Gasteiger partial charge in [-0.2, -0.15) is 0 Å². The Labute approximate surface area is 171 Å². The van der Waals surface area contributed by atoms with Crippen LogP contribution in [0.25, 0.3) is 11.6 Å². The molecule has 4 nitrogen and oxygen atoms in total. The number of hydrogen-bond acceptors (Lipinski definition) is 3. The zero-order chi connectivity index (χ0) is 20.4. The summed E-state index contributed by atoms with van der Waals surface area (Å²) in [6.07, 6.45) is 4.08. The molecule has 3 aromatic rings. The van der Waals surface area contributed by atoms with Crippen molar-refractivity contribution in [3.8, 4) is 5.75 Å². The summed E-state index contributed by atoms with van der Waals surface area (Å²) in [5.41, 5.74) is 3.19. The third-order valence-electron chi connectivity index (χ3n) is 5.09. The van der Waals surface area contributed by atoms with Crippen molar-refractivity contribution >= 4 is 17.6 Å². The van der Waals surface area contributed by atoms with Crippen molar-refractivity contribution in [3.05, 3.63) is 89.4 Å². The quantitative estimate of drug-likeness (QED) is 0.597. The lowest BCUT2D eigenvalue weighted by atomic mass is 9.88. The van der Waals surface area contributed by atoms with Gasteiger partial charge in [0.1, 0.15) is 17.1 Å². The molecule has 0 saturated heterocycles. The monoisotopic (exact) mass is 387 g/mol. The number of nitrogens with one attached hydrogen (secondary N) is 1. The van der Waals surface area contributed by atoms with Gasteiger partial charge in [-0.25, -0.2) is 0 Å². The second kappa shape index (κ2) is 7.63. The van der Waals surface area contributed by atoms with E-state index in [9.17, 15) is 4.79 Å². The third kappa shape index (κ3) is 4.27. The standard InChI is InChI=1S/C25H25NO3/c1-17-11-12-20-22(16-25(2,3)29-23(20)14-17)26-24(27)21(15-19-10-7-13-28-19)18-8-5-4-6-9-18/h4-15,22H,16H2,1-3H3,(H,26,27)/b21-15+/t22-/m0/s1. The van der Waals surface area contributed by atoms with Gasteiger partial charge in [-0.1, -0.05) is 42.5 Å². The number of ether oxygens (including phenoxy) is 1. The Morgan fingerprint density at radius 3 is 2.62 bits per heavy atom. The maximum atomic E-state index is 13.4. The van der Waals surface area contributed by atoms with Crippen LogP contribution in [-0.4, -0.2) is 11.5 Å². The zero-order valence-corrected chi connectivity index (χ0v) is 16.9. The van der Waals surface area contributed by atoms with E-state index in [1.165, 1.54) is 0 Å². The molecule has 0 unspecified atom stereocenters. The molecule has 0 saturated carbocycles. The molecule has 1 aliphatic heterocycles. The van der Waals surface area contributed by atoms with E-state index in [2.05, 4.69) is 11.4 Å². The lowest BCUT2D eigenvalue weighted by Gasteiger charge is -2.38. The Balaban J connectivity index is 1.68. The van der Waals surface area contributed by atoms with Crippen LogP contribution in [0, 0.1) is 6.92 Å². The number of hydrogen-bond donors (Lipinski definition) is 1. The predicted octanol–water partition coefficient (Wildman–Crippen LogP) is 5.55. The molecule has 1 amide bonds. The van der Waals surface area contributed by atoms with E-state index in [1.807, 2.05) is 75.4 Å². The Bertz CT molecular complexity index is 1030. The fourth-order valence-electron chi connectivity index (χ4n) is 3.74. The van der Waals surface area contributed by atoms with Crippen LogP contribution in [-0.2, 0) is 4.79 Å². The van der Waals surface area contributed by atoms with Crippen molar-refractivity contribution in [2.24, 2.45) is 0 Å². The van der Waals surface area contributed by atoms with E-state index in [0.29, 0.717) is 17.8 Å². The molecule has 4 heteroatoms. The SMILES string of the molecule is Cc1ccc2c(c1)OC(C)(C)C[C@@H]2NC(=O)/C(=C/c1ccco1)c1ccccc1. The summed E-state index contributed by atoms with van der Waals surface area (Å²) in [6, 6.07) is 19.3. The molecule has 0 bridgehead atoms. The fourth-order valence-corrected chi connectivity index (χ4v) is 3.74. The second-order valence-corrected chi connectivity index (χ2v) is 8.07. The highest BCUT2D eigenvalue weighted by molar-refractivity contribution is 6.24. The average Bonchev–Trinajstić information content (AvgIpc) is 3.18. The maximum absolute atomic E-state index is 13.4. The van der Waals surface area contributed by atoms with Gasteiger partial charge in [-0.15, -0.1) is 0 Å². The molecule has 1 atom stereocenters. The average molecular weight is 387 g/mol. The van der Waals surface area contributed by atoms with E-state index in [0.717, 1.165) is 22.4 Å². The van der Waals surface area contributed by atoms with Crippen LogP contribution < -0.4 is 10.1 Å².